The lowest BCUT2D eigenvalue weighted by Gasteiger charge is -2.17. The Balaban J connectivity index is 2.10. The fraction of sp³-hybridized carbons (Fsp3) is 0.276. The lowest BCUT2D eigenvalue weighted by atomic mass is 9.85. The molecule has 0 heterocycles. The molecule has 3 rings (SSSR count). The second-order valence-electron chi connectivity index (χ2n) is 9.98. The summed E-state index contributed by atoms with van der Waals surface area (Å²) < 4.78 is 73.8. The summed E-state index contributed by atoms with van der Waals surface area (Å²) in [6.45, 7) is -2.08. The maximum Gasteiger partial charge on any atom is 0.402 e. The van der Waals surface area contributed by atoms with Crippen molar-refractivity contribution in [1.82, 2.24) is 0 Å². The van der Waals surface area contributed by atoms with Crippen LogP contribution in [-0.4, -0.2) is 89.8 Å². The topological polar surface area (TPSA) is 133 Å². The van der Waals surface area contributed by atoms with Gasteiger partial charge in [0.25, 0.3) is 0 Å². The van der Waals surface area contributed by atoms with Gasteiger partial charge in [0.15, 0.2) is 6.61 Å². The first-order valence-corrected chi connectivity index (χ1v) is 15.2. The summed E-state index contributed by atoms with van der Waals surface area (Å²) in [5.41, 5.74) is 1.14. The van der Waals surface area contributed by atoms with Crippen molar-refractivity contribution in [2.24, 2.45) is 0 Å². The fourth-order valence-corrected chi connectivity index (χ4v) is 4.56. The second kappa shape index (κ2) is 15.9. The number of benzene rings is 3. The first-order valence-electron chi connectivity index (χ1n) is 13.7. The summed E-state index contributed by atoms with van der Waals surface area (Å²) in [5.74, 6) is -3.89. The van der Waals surface area contributed by atoms with E-state index in [4.69, 9.17) is 61.1 Å². The highest BCUT2D eigenvalue weighted by atomic mass is 32.2. The predicted molar refractivity (Wildman–Crippen MR) is 173 cm³/mol. The second-order valence-corrected chi connectivity index (χ2v) is 11.5. The van der Waals surface area contributed by atoms with Gasteiger partial charge in [-0.15, -0.1) is 0 Å². The highest BCUT2D eigenvalue weighted by Crippen LogP contribution is 2.30. The van der Waals surface area contributed by atoms with Gasteiger partial charge in [-0.25, -0.2) is 14.4 Å². The first kappa shape index (κ1) is 37.7. The molecule has 12 radical (unpaired) electrons. The Labute approximate surface area is 278 Å². The Morgan fingerprint density at radius 2 is 0.915 bits per heavy atom. The van der Waals surface area contributed by atoms with E-state index in [0.29, 0.717) is 33.4 Å². The summed E-state index contributed by atoms with van der Waals surface area (Å²) in [6, 6.07) is 9.05. The highest BCUT2D eigenvalue weighted by molar-refractivity contribution is 7.86. The molecular weight excluding hydrogens is 627 g/mol. The van der Waals surface area contributed by atoms with Crippen molar-refractivity contribution in [3.8, 4) is 11.5 Å². The molecule has 0 aliphatic rings. The van der Waals surface area contributed by atoms with E-state index in [0.717, 1.165) is 18.2 Å². The minimum absolute atomic E-state index is 0.0118. The molecule has 18 heteroatoms. The van der Waals surface area contributed by atoms with Crippen LogP contribution in [0.4, 0.5) is 8.78 Å². The molecule has 0 bridgehead atoms. The van der Waals surface area contributed by atoms with E-state index in [-0.39, 0.29) is 49.4 Å². The van der Waals surface area contributed by atoms with Gasteiger partial charge in [0, 0.05) is 0 Å². The number of ether oxygens (including phenoxy) is 3. The molecule has 0 saturated carbocycles. The van der Waals surface area contributed by atoms with Crippen molar-refractivity contribution in [3.63, 3.8) is 0 Å². The molecule has 0 unspecified atom stereocenters. The number of alkyl halides is 2. The average molecular weight is 649 g/mol. The minimum atomic E-state index is -5.94. The van der Waals surface area contributed by atoms with Gasteiger partial charge in [0.2, 0.25) is 0 Å². The van der Waals surface area contributed by atoms with Crippen molar-refractivity contribution in [1.29, 1.82) is 0 Å². The van der Waals surface area contributed by atoms with Gasteiger partial charge < -0.3 is 14.2 Å². The van der Waals surface area contributed by atoms with Gasteiger partial charge in [-0.3, -0.25) is 4.55 Å². The molecule has 0 fully saturated rings. The Morgan fingerprint density at radius 1 is 0.596 bits per heavy atom. The Kier molecular flexibility index (Phi) is 12.7. The van der Waals surface area contributed by atoms with Crippen LogP contribution in [0.25, 0.3) is 0 Å². The van der Waals surface area contributed by atoms with Crippen LogP contribution in [0.1, 0.15) is 64.5 Å². The summed E-state index contributed by atoms with van der Waals surface area (Å²) >= 11 is 0. The monoisotopic (exact) mass is 650 g/mol. The number of hydrogen-bond acceptors (Lipinski definition) is 8. The van der Waals surface area contributed by atoms with Crippen molar-refractivity contribution >= 4 is 75.1 Å². The van der Waals surface area contributed by atoms with E-state index < -0.39 is 56.6 Å². The largest absolute Gasteiger partial charge is 0.454 e. The Morgan fingerprint density at radius 3 is 1.19 bits per heavy atom. The van der Waals surface area contributed by atoms with Gasteiger partial charge in [0.1, 0.15) is 11.5 Å². The number of rotatable bonds is 14. The van der Waals surface area contributed by atoms with Crippen molar-refractivity contribution in [2.75, 3.05) is 6.61 Å². The molecule has 3 aromatic rings. The van der Waals surface area contributed by atoms with Gasteiger partial charge >= 0.3 is 33.3 Å². The minimum Gasteiger partial charge on any atom is -0.454 e. The smallest absolute Gasteiger partial charge is 0.402 e. The number of carbonyl (C=O) groups is 3. The molecule has 0 saturated heterocycles. The molecule has 3 aromatic carbocycles. The van der Waals surface area contributed by atoms with E-state index in [1.54, 1.807) is 24.3 Å². The van der Waals surface area contributed by atoms with Crippen LogP contribution < -0.4 is 9.47 Å². The van der Waals surface area contributed by atoms with Gasteiger partial charge in [0.05, 0.1) is 63.8 Å². The normalized spacial score (nSPS) is 11.6. The molecule has 1 N–H and O–H groups in total. The molecule has 9 nitrogen and oxygen atoms in total. The quantitative estimate of drug-likeness (QED) is 0.120. The number of esters is 3. The average Bonchev–Trinajstić information content (AvgIpc) is 3.06. The van der Waals surface area contributed by atoms with Crippen LogP contribution in [0.3, 0.4) is 0 Å². The Hall–Kier alpha value is -3.77. The summed E-state index contributed by atoms with van der Waals surface area (Å²) in [7, 11) is 28.8. The molecule has 0 aromatic heterocycles. The lowest BCUT2D eigenvalue weighted by molar-refractivity contribution is -0.00951. The number of carbonyl (C=O) groups excluding carboxylic acids is 3. The van der Waals surface area contributed by atoms with Crippen LogP contribution in [0.2, 0.25) is 0 Å². The third-order valence-corrected chi connectivity index (χ3v) is 7.61. The maximum atomic E-state index is 13.8. The van der Waals surface area contributed by atoms with Crippen LogP contribution in [-0.2, 0) is 52.8 Å². The summed E-state index contributed by atoms with van der Waals surface area (Å²) in [5, 5.41) is -4.86. The third kappa shape index (κ3) is 8.98. The molecule has 0 aliphatic carbocycles. The third-order valence-electron chi connectivity index (χ3n) is 6.73. The predicted octanol–water partition coefficient (Wildman–Crippen LogP) is 1.77. The number of hydrogen-bond donors (Lipinski definition) is 1. The van der Waals surface area contributed by atoms with Crippen molar-refractivity contribution < 1.29 is 50.3 Å². The SMILES string of the molecule is [B]Cc1cc(C[B])c(OC(=O)c2cc(C(=O)OCC(F)(F)S(=O)(=O)O)cc(C(=O)Oc3c(C[B])cc(C[B])cc3C[B])c2)c(C[B])c1. The van der Waals surface area contributed by atoms with Gasteiger partial charge in [-0.2, -0.15) is 17.2 Å². The van der Waals surface area contributed by atoms with Gasteiger partial charge in [-0.05, 0) is 40.5 Å². The van der Waals surface area contributed by atoms with Crippen molar-refractivity contribution in [3.05, 3.63) is 92.5 Å². The zero-order chi connectivity index (χ0) is 35.1. The maximum absolute atomic E-state index is 13.8. The standard InChI is InChI=1S/C29H22B6F2O9S/c30-8-15-1-20(10-32)24(21(2-15)11-33)45-27(39)18-5-17(26(38)44-14-29(36,37)47(41,42)43)6-19(7-18)28(40)46-25-22(12-34)3-16(9-31)4-23(25)13-35/h1-7H,8-14H2,(H,41,42,43). The van der Waals surface area contributed by atoms with Crippen molar-refractivity contribution in [2.45, 2.75) is 43.2 Å². The van der Waals surface area contributed by atoms with E-state index in [1.807, 2.05) is 0 Å². The molecule has 230 valence electrons. The highest BCUT2D eigenvalue weighted by Gasteiger charge is 2.45. The zero-order valence-corrected chi connectivity index (χ0v) is 25.6. The molecule has 0 aliphatic heterocycles. The van der Waals surface area contributed by atoms with Gasteiger partial charge in [-0.1, -0.05) is 73.3 Å². The van der Waals surface area contributed by atoms with Crippen LogP contribution in [0.15, 0.2) is 42.5 Å². The lowest BCUT2D eigenvalue weighted by Crippen LogP contribution is -2.34. The molecule has 0 atom stereocenters. The molecule has 47 heavy (non-hydrogen) atoms. The first-order chi connectivity index (χ1) is 22.1. The van der Waals surface area contributed by atoms with E-state index in [9.17, 15) is 31.6 Å². The van der Waals surface area contributed by atoms with E-state index in [2.05, 4.69) is 4.74 Å². The number of halogens is 2. The Bertz CT molecular complexity index is 1640. The van der Waals surface area contributed by atoms with Crippen LogP contribution in [0.5, 0.6) is 11.5 Å². The summed E-state index contributed by atoms with van der Waals surface area (Å²) in [4.78, 5) is 39.6. The van der Waals surface area contributed by atoms with E-state index >= 15 is 0 Å². The zero-order valence-electron chi connectivity index (χ0n) is 24.8. The van der Waals surface area contributed by atoms with E-state index in [1.165, 1.54) is 0 Å². The van der Waals surface area contributed by atoms with Crippen LogP contribution >= 0.6 is 0 Å². The molecule has 0 spiro atoms. The molecule has 0 amide bonds. The fourth-order valence-electron chi connectivity index (χ4n) is 4.35. The summed E-state index contributed by atoms with van der Waals surface area (Å²) in [6.07, 6.45) is -0.104. The molecular formula is C29H22B6F2O9S. The van der Waals surface area contributed by atoms with Crippen LogP contribution in [0, 0.1) is 0 Å².